The number of ketones is 1. The molecule has 0 aliphatic heterocycles. The minimum atomic E-state index is -4.80. The number of carbonyl (C=O) groups excluding carboxylic acids is 1. The first-order chi connectivity index (χ1) is 10.4. The van der Waals surface area contributed by atoms with E-state index in [0.717, 1.165) is 19.3 Å². The third-order valence-electron chi connectivity index (χ3n) is 3.96. The molecule has 0 bridgehead atoms. The van der Waals surface area contributed by atoms with Crippen molar-refractivity contribution in [2.75, 3.05) is 0 Å². The third-order valence-corrected chi connectivity index (χ3v) is 3.96. The fourth-order valence-electron chi connectivity index (χ4n) is 2.64. The summed E-state index contributed by atoms with van der Waals surface area (Å²) in [6.45, 7) is 4.35. The quantitative estimate of drug-likeness (QED) is 0.405. The largest absolute Gasteiger partial charge is 0.454 e. The number of benzene rings is 1. The molecule has 0 aliphatic carbocycles. The van der Waals surface area contributed by atoms with Crippen LogP contribution in [0, 0.1) is 5.92 Å². The molecule has 0 saturated heterocycles. The standard InChI is InChI=1S/C18H25F3O/c1-3-4-5-9-14(2)10-8-12-15-11-6-7-13-16(15)17(22)18(19,20)21/h6-7,11,13-14H,3-5,8-10,12H2,1-2H3. The van der Waals surface area contributed by atoms with Crippen LogP contribution in [-0.4, -0.2) is 12.0 Å². The van der Waals surface area contributed by atoms with Crippen molar-refractivity contribution in [3.05, 3.63) is 35.4 Å². The van der Waals surface area contributed by atoms with Crippen LogP contribution < -0.4 is 0 Å². The lowest BCUT2D eigenvalue weighted by Crippen LogP contribution is -2.24. The van der Waals surface area contributed by atoms with E-state index in [1.807, 2.05) is 0 Å². The average Bonchev–Trinajstić information content (AvgIpc) is 2.46. The van der Waals surface area contributed by atoms with E-state index in [0.29, 0.717) is 17.9 Å². The molecule has 0 aliphatic rings. The van der Waals surface area contributed by atoms with Gasteiger partial charge in [0, 0.05) is 5.56 Å². The molecular weight excluding hydrogens is 289 g/mol. The summed E-state index contributed by atoms with van der Waals surface area (Å²) < 4.78 is 37.8. The van der Waals surface area contributed by atoms with Crippen molar-refractivity contribution in [1.82, 2.24) is 0 Å². The number of alkyl halides is 3. The van der Waals surface area contributed by atoms with Crippen LogP contribution in [0.2, 0.25) is 0 Å². The van der Waals surface area contributed by atoms with Crippen LogP contribution in [0.25, 0.3) is 0 Å². The summed E-state index contributed by atoms with van der Waals surface area (Å²) in [5.74, 6) is -1.16. The van der Waals surface area contributed by atoms with Crippen molar-refractivity contribution in [1.29, 1.82) is 0 Å². The Morgan fingerprint density at radius 2 is 1.73 bits per heavy atom. The van der Waals surface area contributed by atoms with Gasteiger partial charge in [-0.15, -0.1) is 0 Å². The first kappa shape index (κ1) is 18.7. The summed E-state index contributed by atoms with van der Waals surface area (Å²) in [6, 6.07) is 6.07. The molecule has 0 aromatic heterocycles. The van der Waals surface area contributed by atoms with Gasteiger partial charge in [0.15, 0.2) is 0 Å². The lowest BCUT2D eigenvalue weighted by molar-refractivity contribution is -0.0885. The van der Waals surface area contributed by atoms with Crippen molar-refractivity contribution >= 4 is 5.78 Å². The molecule has 1 unspecified atom stereocenters. The highest BCUT2D eigenvalue weighted by atomic mass is 19.4. The third kappa shape index (κ3) is 6.20. The van der Waals surface area contributed by atoms with Crippen LogP contribution in [0.1, 0.15) is 68.3 Å². The Hall–Kier alpha value is -1.32. The van der Waals surface area contributed by atoms with Crippen LogP contribution in [0.5, 0.6) is 0 Å². The molecule has 0 heterocycles. The molecule has 0 fully saturated rings. The minimum Gasteiger partial charge on any atom is -0.284 e. The second kappa shape index (κ2) is 8.96. The van der Waals surface area contributed by atoms with E-state index in [1.165, 1.54) is 31.4 Å². The summed E-state index contributed by atoms with van der Waals surface area (Å²) in [6.07, 6.45) is 2.32. The lowest BCUT2D eigenvalue weighted by atomic mass is 9.93. The Labute approximate surface area is 130 Å². The van der Waals surface area contributed by atoms with E-state index in [9.17, 15) is 18.0 Å². The molecule has 0 N–H and O–H groups in total. The predicted molar refractivity (Wildman–Crippen MR) is 83.1 cm³/mol. The normalized spacial score (nSPS) is 13.1. The lowest BCUT2D eigenvalue weighted by Gasteiger charge is -2.13. The Kier molecular flexibility index (Phi) is 7.63. The summed E-state index contributed by atoms with van der Waals surface area (Å²) in [5, 5.41) is 0. The van der Waals surface area contributed by atoms with E-state index in [4.69, 9.17) is 0 Å². The fraction of sp³-hybridized carbons (Fsp3) is 0.611. The van der Waals surface area contributed by atoms with Crippen molar-refractivity contribution in [3.63, 3.8) is 0 Å². The zero-order valence-electron chi connectivity index (χ0n) is 13.4. The highest BCUT2D eigenvalue weighted by molar-refractivity contribution is 6.01. The van der Waals surface area contributed by atoms with Crippen LogP contribution >= 0.6 is 0 Å². The van der Waals surface area contributed by atoms with Crippen molar-refractivity contribution in [3.8, 4) is 0 Å². The molecule has 0 spiro atoms. The second-order valence-electron chi connectivity index (χ2n) is 5.98. The molecule has 1 rings (SSSR count). The van der Waals surface area contributed by atoms with E-state index < -0.39 is 12.0 Å². The molecule has 4 heteroatoms. The van der Waals surface area contributed by atoms with E-state index in [1.54, 1.807) is 12.1 Å². The van der Waals surface area contributed by atoms with E-state index >= 15 is 0 Å². The minimum absolute atomic E-state index is 0.200. The van der Waals surface area contributed by atoms with Crippen molar-refractivity contribution in [2.45, 2.75) is 65.0 Å². The zero-order valence-corrected chi connectivity index (χ0v) is 13.4. The number of unbranched alkanes of at least 4 members (excludes halogenated alkanes) is 2. The van der Waals surface area contributed by atoms with Crippen LogP contribution in [0.3, 0.4) is 0 Å². The predicted octanol–water partition coefficient (Wildman–Crippen LogP) is 5.97. The number of hydrogen-bond acceptors (Lipinski definition) is 1. The molecule has 124 valence electrons. The van der Waals surface area contributed by atoms with Crippen molar-refractivity contribution < 1.29 is 18.0 Å². The maximum Gasteiger partial charge on any atom is 0.454 e. The van der Waals surface area contributed by atoms with Gasteiger partial charge in [-0.05, 0) is 24.3 Å². The molecule has 1 aromatic rings. The van der Waals surface area contributed by atoms with Gasteiger partial charge in [0.25, 0.3) is 5.78 Å². The zero-order chi connectivity index (χ0) is 16.6. The van der Waals surface area contributed by atoms with Gasteiger partial charge in [0.1, 0.15) is 0 Å². The van der Waals surface area contributed by atoms with Crippen molar-refractivity contribution in [2.24, 2.45) is 5.92 Å². The summed E-state index contributed by atoms with van der Waals surface area (Å²) in [4.78, 5) is 11.4. The fourth-order valence-corrected chi connectivity index (χ4v) is 2.64. The number of rotatable bonds is 9. The van der Waals surface area contributed by atoms with E-state index in [-0.39, 0.29) is 5.56 Å². The number of halogens is 3. The van der Waals surface area contributed by atoms with Crippen LogP contribution in [-0.2, 0) is 6.42 Å². The first-order valence-corrected chi connectivity index (χ1v) is 8.05. The maximum absolute atomic E-state index is 12.6. The first-order valence-electron chi connectivity index (χ1n) is 8.05. The number of Topliss-reactive ketones (excluding diaryl/α,β-unsaturated/α-hetero) is 1. The number of hydrogen-bond donors (Lipinski definition) is 0. The molecule has 0 amide bonds. The van der Waals surface area contributed by atoms with Crippen LogP contribution in [0.15, 0.2) is 24.3 Å². The summed E-state index contributed by atoms with van der Waals surface area (Å²) >= 11 is 0. The molecule has 22 heavy (non-hydrogen) atoms. The second-order valence-corrected chi connectivity index (χ2v) is 5.98. The molecular formula is C18H25F3O. The molecule has 0 radical (unpaired) electrons. The number of aryl methyl sites for hydroxylation is 1. The average molecular weight is 314 g/mol. The highest BCUT2D eigenvalue weighted by Gasteiger charge is 2.40. The summed E-state index contributed by atoms with van der Waals surface area (Å²) in [7, 11) is 0. The highest BCUT2D eigenvalue weighted by Crippen LogP contribution is 2.25. The summed E-state index contributed by atoms with van der Waals surface area (Å²) in [5.41, 5.74) is 0.305. The SMILES string of the molecule is CCCCCC(C)CCCc1ccccc1C(=O)C(F)(F)F. The Morgan fingerprint density at radius 1 is 1.09 bits per heavy atom. The monoisotopic (exact) mass is 314 g/mol. The molecule has 1 nitrogen and oxygen atoms in total. The Morgan fingerprint density at radius 3 is 2.36 bits per heavy atom. The van der Waals surface area contributed by atoms with Gasteiger partial charge in [-0.2, -0.15) is 13.2 Å². The van der Waals surface area contributed by atoms with E-state index in [2.05, 4.69) is 13.8 Å². The van der Waals surface area contributed by atoms with Gasteiger partial charge in [-0.1, -0.05) is 70.2 Å². The maximum atomic E-state index is 12.6. The molecule has 1 atom stereocenters. The van der Waals surface area contributed by atoms with Gasteiger partial charge in [-0.25, -0.2) is 0 Å². The van der Waals surface area contributed by atoms with Gasteiger partial charge in [-0.3, -0.25) is 4.79 Å². The van der Waals surface area contributed by atoms with Gasteiger partial charge in [0.2, 0.25) is 0 Å². The smallest absolute Gasteiger partial charge is 0.284 e. The van der Waals surface area contributed by atoms with Gasteiger partial charge >= 0.3 is 6.18 Å². The molecule has 0 saturated carbocycles. The Balaban J connectivity index is 2.55. The number of carbonyl (C=O) groups is 1. The molecule has 1 aromatic carbocycles. The van der Waals surface area contributed by atoms with Gasteiger partial charge < -0.3 is 0 Å². The topological polar surface area (TPSA) is 17.1 Å². The van der Waals surface area contributed by atoms with Gasteiger partial charge in [0.05, 0.1) is 0 Å². The van der Waals surface area contributed by atoms with Crippen LogP contribution in [0.4, 0.5) is 13.2 Å². The Bertz CT molecular complexity index is 466.